The minimum absolute atomic E-state index is 0. The summed E-state index contributed by atoms with van der Waals surface area (Å²) in [5, 5.41) is 3.71. The lowest BCUT2D eigenvalue weighted by Crippen LogP contribution is -2.46. The quantitative estimate of drug-likeness (QED) is 0.724. The van der Waals surface area contributed by atoms with Crippen molar-refractivity contribution in [3.8, 4) is 0 Å². The lowest BCUT2D eigenvalue weighted by Gasteiger charge is -2.34. The minimum Gasteiger partial charge on any atom is -0.302 e. The van der Waals surface area contributed by atoms with Gasteiger partial charge in [0, 0.05) is 20.5 Å². The van der Waals surface area contributed by atoms with Crippen molar-refractivity contribution < 1.29 is 4.79 Å². The molecule has 1 rings (SSSR count). The average Bonchev–Trinajstić information content (AvgIpc) is 2.44. The summed E-state index contributed by atoms with van der Waals surface area (Å²) in [4.78, 5) is 14.0. The standard InChI is InChI=1S/C15H25N3O.ClH/c1-5-17(6-2)12-13-18(16(4)14(3)19)15-10-8-7-9-11-15;/h7-11H,5-6,12-13H2,1-4H3;1H. The van der Waals surface area contributed by atoms with Crippen molar-refractivity contribution in [2.45, 2.75) is 20.8 Å². The molecule has 1 aromatic carbocycles. The average molecular weight is 300 g/mol. The Morgan fingerprint density at radius 2 is 1.60 bits per heavy atom. The van der Waals surface area contributed by atoms with E-state index >= 15 is 0 Å². The molecule has 114 valence electrons. The fourth-order valence-corrected chi connectivity index (χ4v) is 2.00. The van der Waals surface area contributed by atoms with Crippen LogP contribution in [0.2, 0.25) is 0 Å². The van der Waals surface area contributed by atoms with Crippen LogP contribution in [0.4, 0.5) is 5.69 Å². The second-order valence-electron chi connectivity index (χ2n) is 4.53. The lowest BCUT2D eigenvalue weighted by atomic mass is 10.3. The van der Waals surface area contributed by atoms with Crippen LogP contribution in [0.3, 0.4) is 0 Å². The van der Waals surface area contributed by atoms with Crippen molar-refractivity contribution in [2.75, 3.05) is 38.2 Å². The summed E-state index contributed by atoms with van der Waals surface area (Å²) in [5.74, 6) is 0.0448. The summed E-state index contributed by atoms with van der Waals surface area (Å²) < 4.78 is 0. The number of rotatable bonds is 7. The molecule has 0 radical (unpaired) electrons. The van der Waals surface area contributed by atoms with Gasteiger partial charge in [-0.3, -0.25) is 14.8 Å². The van der Waals surface area contributed by atoms with E-state index in [1.807, 2.05) is 42.4 Å². The van der Waals surface area contributed by atoms with Crippen LogP contribution in [-0.2, 0) is 4.79 Å². The highest BCUT2D eigenvalue weighted by atomic mass is 35.5. The van der Waals surface area contributed by atoms with E-state index in [9.17, 15) is 4.79 Å². The van der Waals surface area contributed by atoms with Gasteiger partial charge < -0.3 is 4.90 Å². The largest absolute Gasteiger partial charge is 0.302 e. The molecule has 0 saturated carbocycles. The molecular formula is C15H26ClN3O. The molecule has 0 aromatic heterocycles. The predicted octanol–water partition coefficient (Wildman–Crippen LogP) is 2.65. The molecule has 5 heteroatoms. The maximum Gasteiger partial charge on any atom is 0.237 e. The number of amides is 1. The van der Waals surface area contributed by atoms with Gasteiger partial charge in [-0.05, 0) is 25.2 Å². The highest BCUT2D eigenvalue weighted by Crippen LogP contribution is 2.15. The summed E-state index contributed by atoms with van der Waals surface area (Å²) in [7, 11) is 1.82. The monoisotopic (exact) mass is 299 g/mol. The summed E-state index contributed by atoms with van der Waals surface area (Å²) >= 11 is 0. The van der Waals surface area contributed by atoms with Crippen LogP contribution >= 0.6 is 12.4 Å². The van der Waals surface area contributed by atoms with Crippen LogP contribution in [-0.4, -0.2) is 49.0 Å². The van der Waals surface area contributed by atoms with E-state index in [0.29, 0.717) is 0 Å². The molecule has 1 aromatic rings. The first-order valence-electron chi connectivity index (χ1n) is 6.89. The van der Waals surface area contributed by atoms with E-state index < -0.39 is 0 Å². The fraction of sp³-hybridized carbons (Fsp3) is 0.533. The van der Waals surface area contributed by atoms with Gasteiger partial charge in [-0.2, -0.15) is 0 Å². The second-order valence-corrected chi connectivity index (χ2v) is 4.53. The number of carbonyl (C=O) groups is 1. The Morgan fingerprint density at radius 3 is 2.05 bits per heavy atom. The first kappa shape index (κ1) is 18.7. The summed E-state index contributed by atoms with van der Waals surface area (Å²) in [5.41, 5.74) is 1.05. The molecular weight excluding hydrogens is 274 g/mol. The first-order valence-corrected chi connectivity index (χ1v) is 6.89. The van der Waals surface area contributed by atoms with Crippen LogP contribution in [0.1, 0.15) is 20.8 Å². The van der Waals surface area contributed by atoms with E-state index in [4.69, 9.17) is 0 Å². The van der Waals surface area contributed by atoms with E-state index in [0.717, 1.165) is 31.9 Å². The molecule has 1 amide bonds. The number of hydrogen-bond donors (Lipinski definition) is 0. The Labute approximate surface area is 128 Å². The normalized spacial score (nSPS) is 10.1. The molecule has 0 atom stereocenters. The SMILES string of the molecule is CCN(CC)CCN(c1ccccc1)N(C)C(C)=O.Cl. The van der Waals surface area contributed by atoms with Gasteiger partial charge in [0.1, 0.15) is 0 Å². The smallest absolute Gasteiger partial charge is 0.237 e. The molecule has 0 N–H and O–H groups in total. The number of nitrogens with zero attached hydrogens (tertiary/aromatic N) is 3. The minimum atomic E-state index is 0. The van der Waals surface area contributed by atoms with Gasteiger partial charge in [-0.25, -0.2) is 0 Å². The molecule has 0 fully saturated rings. The number of para-hydroxylation sites is 1. The number of halogens is 1. The number of carbonyl (C=O) groups excluding carboxylic acids is 1. The van der Waals surface area contributed by atoms with Gasteiger partial charge in [0.25, 0.3) is 0 Å². The van der Waals surface area contributed by atoms with Gasteiger partial charge in [0.2, 0.25) is 5.91 Å². The summed E-state index contributed by atoms with van der Waals surface area (Å²) in [6.45, 7) is 9.72. The van der Waals surface area contributed by atoms with Crippen LogP contribution < -0.4 is 5.01 Å². The maximum atomic E-state index is 11.6. The number of anilines is 1. The van der Waals surface area contributed by atoms with Gasteiger partial charge in [-0.1, -0.05) is 32.0 Å². The van der Waals surface area contributed by atoms with Crippen molar-refractivity contribution in [1.82, 2.24) is 9.91 Å². The van der Waals surface area contributed by atoms with Crippen LogP contribution in [0, 0.1) is 0 Å². The molecule has 0 spiro atoms. The van der Waals surface area contributed by atoms with Crippen LogP contribution in [0.5, 0.6) is 0 Å². The zero-order chi connectivity index (χ0) is 14.3. The van der Waals surface area contributed by atoms with Gasteiger partial charge in [0.15, 0.2) is 0 Å². The second kappa shape index (κ2) is 9.61. The maximum absolute atomic E-state index is 11.6. The highest BCUT2D eigenvalue weighted by molar-refractivity contribution is 5.85. The molecule has 0 unspecified atom stereocenters. The van der Waals surface area contributed by atoms with Crippen LogP contribution in [0.25, 0.3) is 0 Å². The van der Waals surface area contributed by atoms with E-state index in [1.54, 1.807) is 11.9 Å². The zero-order valence-corrected chi connectivity index (χ0v) is 13.7. The predicted molar refractivity (Wildman–Crippen MR) is 87.3 cm³/mol. The number of hydrazine groups is 1. The topological polar surface area (TPSA) is 26.8 Å². The number of likely N-dealkylation sites (N-methyl/N-ethyl adjacent to an activating group) is 1. The van der Waals surface area contributed by atoms with Crippen molar-refractivity contribution in [3.05, 3.63) is 30.3 Å². The molecule has 0 bridgehead atoms. The molecule has 0 aliphatic rings. The van der Waals surface area contributed by atoms with E-state index in [1.165, 1.54) is 0 Å². The van der Waals surface area contributed by atoms with Gasteiger partial charge in [-0.15, -0.1) is 12.4 Å². The van der Waals surface area contributed by atoms with E-state index in [2.05, 4.69) is 18.7 Å². The molecule has 0 aliphatic carbocycles. The lowest BCUT2D eigenvalue weighted by molar-refractivity contribution is -0.128. The number of hydrogen-bond acceptors (Lipinski definition) is 3. The Balaban J connectivity index is 0.00000361. The molecule has 0 saturated heterocycles. The van der Waals surface area contributed by atoms with Gasteiger partial charge in [0.05, 0.1) is 12.2 Å². The molecule has 20 heavy (non-hydrogen) atoms. The number of benzene rings is 1. The van der Waals surface area contributed by atoms with Gasteiger partial charge >= 0.3 is 0 Å². The third kappa shape index (κ3) is 5.39. The highest BCUT2D eigenvalue weighted by Gasteiger charge is 2.15. The molecule has 0 heterocycles. The third-order valence-electron chi connectivity index (χ3n) is 3.39. The van der Waals surface area contributed by atoms with E-state index in [-0.39, 0.29) is 18.3 Å². The van der Waals surface area contributed by atoms with Crippen molar-refractivity contribution in [2.24, 2.45) is 0 Å². The fourth-order valence-electron chi connectivity index (χ4n) is 2.00. The van der Waals surface area contributed by atoms with Crippen molar-refractivity contribution in [3.63, 3.8) is 0 Å². The first-order chi connectivity index (χ1) is 9.10. The third-order valence-corrected chi connectivity index (χ3v) is 3.39. The molecule has 4 nitrogen and oxygen atoms in total. The summed E-state index contributed by atoms with van der Waals surface area (Å²) in [6.07, 6.45) is 0. The van der Waals surface area contributed by atoms with Crippen molar-refractivity contribution in [1.29, 1.82) is 0 Å². The van der Waals surface area contributed by atoms with Crippen molar-refractivity contribution >= 4 is 24.0 Å². The summed E-state index contributed by atoms with van der Waals surface area (Å²) in [6, 6.07) is 10.0. The Kier molecular flexibility index (Phi) is 9.01. The molecule has 0 aliphatic heterocycles. The Hall–Kier alpha value is -1.26. The Bertz CT molecular complexity index is 382. The van der Waals surface area contributed by atoms with Crippen LogP contribution in [0.15, 0.2) is 30.3 Å². The Morgan fingerprint density at radius 1 is 1.05 bits per heavy atom. The zero-order valence-electron chi connectivity index (χ0n) is 12.9.